The molecule has 1 N–H and O–H groups in total. The van der Waals surface area contributed by atoms with Crippen molar-refractivity contribution in [1.29, 1.82) is 0 Å². The van der Waals surface area contributed by atoms with Gasteiger partial charge in [0.2, 0.25) is 0 Å². The maximum atomic E-state index is 9.40. The maximum Gasteiger partial charge on any atom is 0.504 e. The van der Waals surface area contributed by atoms with Crippen LogP contribution in [-0.4, -0.2) is 12.7 Å². The number of para-hydroxylation sites is 1. The predicted octanol–water partition coefficient (Wildman–Crippen LogP) is 6.20. The van der Waals surface area contributed by atoms with Crippen molar-refractivity contribution < 1.29 is 14.1 Å². The van der Waals surface area contributed by atoms with Crippen LogP contribution in [0.25, 0.3) is 54.6 Å². The first-order chi connectivity index (χ1) is 14.8. The van der Waals surface area contributed by atoms with Gasteiger partial charge in [-0.25, -0.2) is 0 Å². The molecule has 0 aliphatic heterocycles. The Kier molecular flexibility index (Phi) is 3.80. The van der Waals surface area contributed by atoms with Gasteiger partial charge in [-0.3, -0.25) is 0 Å². The molecular weight excluding hydrogens is 371 g/mol. The van der Waals surface area contributed by atoms with Gasteiger partial charge in [-0.1, -0.05) is 66.7 Å². The largest absolute Gasteiger partial charge is 0.536 e. The molecule has 30 heavy (non-hydrogen) atoms. The first kappa shape index (κ1) is 17.1. The molecule has 5 aromatic carbocycles. The zero-order valence-electron chi connectivity index (χ0n) is 16.1. The topological polar surface area (TPSA) is 42.6 Å². The summed E-state index contributed by atoms with van der Waals surface area (Å²) in [5.74, 6) is 0.548. The highest BCUT2D eigenvalue weighted by molar-refractivity contribution is 6.23. The summed E-state index contributed by atoms with van der Waals surface area (Å²) in [5.41, 5.74) is 3.77. The highest BCUT2D eigenvalue weighted by Gasteiger charge is 2.16. The van der Waals surface area contributed by atoms with E-state index in [0.717, 1.165) is 38.3 Å². The van der Waals surface area contributed by atoms with Crippen LogP contribution in [0.1, 0.15) is 0 Å². The average molecular weight is 388 g/mol. The summed E-state index contributed by atoms with van der Waals surface area (Å²) < 4.78 is 11.6. The molecule has 0 radical (unpaired) electrons. The third-order valence-electron chi connectivity index (χ3n) is 5.73. The molecule has 3 nitrogen and oxygen atoms in total. The molecule has 0 atom stereocenters. The normalized spacial score (nSPS) is 11.5. The molecule has 0 aliphatic carbocycles. The van der Waals surface area contributed by atoms with Gasteiger partial charge in [0.25, 0.3) is 0 Å². The van der Waals surface area contributed by atoms with Crippen LogP contribution in [0.2, 0.25) is 0 Å². The van der Waals surface area contributed by atoms with Crippen LogP contribution < -0.4 is 4.65 Å². The van der Waals surface area contributed by atoms with E-state index in [4.69, 9.17) is 9.07 Å². The molecule has 0 amide bonds. The molecule has 6 rings (SSSR count). The summed E-state index contributed by atoms with van der Waals surface area (Å²) in [7, 11) is -0.401. The Morgan fingerprint density at radius 3 is 2.27 bits per heavy atom. The van der Waals surface area contributed by atoms with E-state index in [2.05, 4.69) is 66.7 Å². The fourth-order valence-corrected chi connectivity index (χ4v) is 4.33. The maximum absolute atomic E-state index is 9.40. The minimum absolute atomic E-state index is 0.401. The second-order valence-electron chi connectivity index (χ2n) is 7.45. The number of furan rings is 1. The van der Waals surface area contributed by atoms with E-state index in [1.54, 1.807) is 0 Å². The number of rotatable bonds is 3. The van der Waals surface area contributed by atoms with E-state index in [-0.39, 0.29) is 0 Å². The van der Waals surface area contributed by atoms with Crippen LogP contribution in [0, 0.1) is 0 Å². The molecule has 0 aliphatic rings. The molecule has 0 fully saturated rings. The highest BCUT2D eigenvalue weighted by atomic mass is 16.5. The molecule has 6 aromatic rings. The third kappa shape index (κ3) is 2.58. The monoisotopic (exact) mass is 388 g/mol. The van der Waals surface area contributed by atoms with Crippen molar-refractivity contribution in [3.05, 3.63) is 91.0 Å². The molecule has 1 heterocycles. The Morgan fingerprint density at radius 1 is 0.667 bits per heavy atom. The van der Waals surface area contributed by atoms with Crippen LogP contribution >= 0.6 is 0 Å². The zero-order chi connectivity index (χ0) is 20.1. The summed E-state index contributed by atoms with van der Waals surface area (Å²) >= 11 is 0. The van der Waals surface area contributed by atoms with E-state index in [1.807, 2.05) is 24.3 Å². The van der Waals surface area contributed by atoms with Gasteiger partial charge in [-0.05, 0) is 56.9 Å². The molecular formula is C26H17BO3. The number of hydrogen-bond acceptors (Lipinski definition) is 3. The summed E-state index contributed by atoms with van der Waals surface area (Å²) in [6.45, 7) is 0. The highest BCUT2D eigenvalue weighted by Crippen LogP contribution is 2.41. The van der Waals surface area contributed by atoms with E-state index in [0.29, 0.717) is 11.3 Å². The minimum atomic E-state index is -0.401. The van der Waals surface area contributed by atoms with E-state index < -0.39 is 7.69 Å². The second kappa shape index (κ2) is 6.65. The number of benzene rings is 5. The standard InChI is InChI=1S/C26H17BO3/c28-27-30-24-15-20-14-19(18-10-9-16-5-1-2-6-17(16)13-18)11-12-21(20)25-22-7-3-4-8-23(22)29-26(24)25/h1-15,27-28H. The van der Waals surface area contributed by atoms with Gasteiger partial charge in [0.15, 0.2) is 5.58 Å². The molecule has 0 saturated carbocycles. The van der Waals surface area contributed by atoms with Gasteiger partial charge in [0.05, 0.1) is 0 Å². The molecule has 4 heteroatoms. The first-order valence-corrected chi connectivity index (χ1v) is 9.93. The molecule has 142 valence electrons. The van der Waals surface area contributed by atoms with Gasteiger partial charge >= 0.3 is 7.69 Å². The molecule has 0 unspecified atom stereocenters. The van der Waals surface area contributed by atoms with Crippen molar-refractivity contribution >= 4 is 51.2 Å². The van der Waals surface area contributed by atoms with E-state index in [9.17, 15) is 5.02 Å². The SMILES string of the molecule is OBOc1cc2cc(-c3ccc4ccccc4c3)ccc2c2c1oc1ccccc12. The van der Waals surface area contributed by atoms with Gasteiger partial charge in [0.1, 0.15) is 11.3 Å². The molecule has 0 saturated heterocycles. The third-order valence-corrected chi connectivity index (χ3v) is 5.73. The van der Waals surface area contributed by atoms with Gasteiger partial charge in [-0.15, -0.1) is 0 Å². The second-order valence-corrected chi connectivity index (χ2v) is 7.45. The van der Waals surface area contributed by atoms with Crippen LogP contribution in [-0.2, 0) is 0 Å². The van der Waals surface area contributed by atoms with Crippen molar-refractivity contribution in [1.82, 2.24) is 0 Å². The lowest BCUT2D eigenvalue weighted by Gasteiger charge is -2.09. The predicted molar refractivity (Wildman–Crippen MR) is 124 cm³/mol. The van der Waals surface area contributed by atoms with Gasteiger partial charge in [-0.2, -0.15) is 0 Å². The smallest absolute Gasteiger partial charge is 0.504 e. The Labute approximate surface area is 173 Å². The Balaban J connectivity index is 1.63. The van der Waals surface area contributed by atoms with Gasteiger partial charge < -0.3 is 14.1 Å². The van der Waals surface area contributed by atoms with Crippen molar-refractivity contribution in [2.45, 2.75) is 0 Å². The number of fused-ring (bicyclic) bond motifs is 6. The Bertz CT molecular complexity index is 1570. The van der Waals surface area contributed by atoms with Crippen molar-refractivity contribution in [3.63, 3.8) is 0 Å². The first-order valence-electron chi connectivity index (χ1n) is 9.93. The fourth-order valence-electron chi connectivity index (χ4n) is 4.33. The van der Waals surface area contributed by atoms with Crippen LogP contribution in [0.3, 0.4) is 0 Å². The minimum Gasteiger partial charge on any atom is -0.536 e. The molecule has 0 spiro atoms. The number of hydrogen-bond donors (Lipinski definition) is 1. The van der Waals surface area contributed by atoms with Crippen LogP contribution in [0.4, 0.5) is 0 Å². The van der Waals surface area contributed by atoms with Crippen LogP contribution in [0.15, 0.2) is 95.4 Å². The lowest BCUT2D eigenvalue weighted by molar-refractivity contribution is 0.451. The summed E-state index contributed by atoms with van der Waals surface area (Å²) in [6, 6.07) is 31.3. The summed E-state index contributed by atoms with van der Waals surface area (Å²) in [4.78, 5) is 0. The van der Waals surface area contributed by atoms with Crippen molar-refractivity contribution in [2.24, 2.45) is 0 Å². The summed E-state index contributed by atoms with van der Waals surface area (Å²) in [6.07, 6.45) is 0. The van der Waals surface area contributed by atoms with Crippen LogP contribution in [0.5, 0.6) is 5.75 Å². The van der Waals surface area contributed by atoms with E-state index in [1.165, 1.54) is 10.8 Å². The molecule has 1 aromatic heterocycles. The lowest BCUT2D eigenvalue weighted by Crippen LogP contribution is -2.00. The van der Waals surface area contributed by atoms with Crippen molar-refractivity contribution in [3.8, 4) is 16.9 Å². The summed E-state index contributed by atoms with van der Waals surface area (Å²) in [5, 5.41) is 16.0. The van der Waals surface area contributed by atoms with Crippen molar-refractivity contribution in [2.75, 3.05) is 0 Å². The average Bonchev–Trinajstić information content (AvgIpc) is 3.19. The fraction of sp³-hybridized carbons (Fsp3) is 0. The Morgan fingerprint density at radius 2 is 1.40 bits per heavy atom. The Hall–Kier alpha value is -3.76. The lowest BCUT2D eigenvalue weighted by atomic mass is 9.96. The zero-order valence-corrected chi connectivity index (χ0v) is 16.1. The van der Waals surface area contributed by atoms with Gasteiger partial charge in [0, 0.05) is 10.8 Å². The quantitative estimate of drug-likeness (QED) is 0.367. The molecule has 0 bridgehead atoms. The van der Waals surface area contributed by atoms with E-state index >= 15 is 0 Å².